The second-order valence-electron chi connectivity index (χ2n) is 5.32. The molecule has 1 aliphatic rings. The Morgan fingerprint density at radius 3 is 2.70 bits per heavy atom. The monoisotopic (exact) mass is 262 g/mol. The van der Waals surface area contributed by atoms with E-state index in [4.69, 9.17) is 0 Å². The number of nitrogens with zero attached hydrogens (tertiary/aromatic N) is 1. The zero-order valence-corrected chi connectivity index (χ0v) is 11.0. The predicted molar refractivity (Wildman–Crippen MR) is 79.8 cm³/mol. The molecule has 1 aliphatic carbocycles. The highest BCUT2D eigenvalue weighted by molar-refractivity contribution is 5.95. The standard InChI is InChI=1S/C17H14N2O/c20-16-10-15(18-17(19-16)12-8-9-12)14-7-3-5-11-4-1-2-6-13(11)14/h1-7,10,12H,8-9H2,(H,18,19,20). The largest absolute Gasteiger partial charge is 0.310 e. The van der Waals surface area contributed by atoms with Crippen molar-refractivity contribution in [3.8, 4) is 11.3 Å². The predicted octanol–water partition coefficient (Wildman–Crippen LogP) is 3.47. The van der Waals surface area contributed by atoms with Gasteiger partial charge in [-0.25, -0.2) is 4.98 Å². The van der Waals surface area contributed by atoms with Gasteiger partial charge in [0.15, 0.2) is 0 Å². The van der Waals surface area contributed by atoms with Crippen molar-refractivity contribution >= 4 is 10.8 Å². The summed E-state index contributed by atoms with van der Waals surface area (Å²) in [6.07, 6.45) is 2.25. The summed E-state index contributed by atoms with van der Waals surface area (Å²) in [7, 11) is 0. The summed E-state index contributed by atoms with van der Waals surface area (Å²) in [5.74, 6) is 1.28. The van der Waals surface area contributed by atoms with Crippen molar-refractivity contribution in [2.75, 3.05) is 0 Å². The van der Waals surface area contributed by atoms with Crippen molar-refractivity contribution in [1.29, 1.82) is 0 Å². The lowest BCUT2D eigenvalue weighted by atomic mass is 10.0. The Morgan fingerprint density at radius 2 is 1.85 bits per heavy atom. The number of benzene rings is 2. The van der Waals surface area contributed by atoms with Crippen LogP contribution in [-0.2, 0) is 0 Å². The molecule has 1 heterocycles. The van der Waals surface area contributed by atoms with E-state index in [1.54, 1.807) is 6.07 Å². The van der Waals surface area contributed by atoms with Gasteiger partial charge in [-0.05, 0) is 23.6 Å². The summed E-state index contributed by atoms with van der Waals surface area (Å²) >= 11 is 0. The van der Waals surface area contributed by atoms with Crippen molar-refractivity contribution in [1.82, 2.24) is 9.97 Å². The number of aromatic nitrogens is 2. The first-order valence-corrected chi connectivity index (χ1v) is 6.91. The van der Waals surface area contributed by atoms with Crippen LogP contribution in [0.25, 0.3) is 22.0 Å². The molecule has 3 heteroatoms. The molecule has 1 saturated carbocycles. The molecule has 3 nitrogen and oxygen atoms in total. The van der Waals surface area contributed by atoms with Crippen LogP contribution in [0.2, 0.25) is 0 Å². The third-order valence-corrected chi connectivity index (χ3v) is 3.79. The van der Waals surface area contributed by atoms with Gasteiger partial charge in [0.2, 0.25) is 0 Å². The Bertz CT molecular complexity index is 841. The van der Waals surface area contributed by atoms with Gasteiger partial charge >= 0.3 is 0 Å². The second kappa shape index (κ2) is 4.30. The number of rotatable bonds is 2. The van der Waals surface area contributed by atoms with Gasteiger partial charge in [0.05, 0.1) is 5.69 Å². The van der Waals surface area contributed by atoms with Crippen LogP contribution < -0.4 is 5.56 Å². The van der Waals surface area contributed by atoms with E-state index in [1.807, 2.05) is 24.3 Å². The van der Waals surface area contributed by atoms with Gasteiger partial charge in [-0.3, -0.25) is 4.79 Å². The molecule has 0 saturated heterocycles. The third kappa shape index (κ3) is 1.92. The van der Waals surface area contributed by atoms with Gasteiger partial charge < -0.3 is 4.98 Å². The minimum Gasteiger partial charge on any atom is -0.310 e. The number of fused-ring (bicyclic) bond motifs is 1. The molecule has 1 fully saturated rings. The third-order valence-electron chi connectivity index (χ3n) is 3.79. The Labute approximate surface area is 116 Å². The molecule has 1 aromatic heterocycles. The van der Waals surface area contributed by atoms with Crippen LogP contribution in [0.4, 0.5) is 0 Å². The molecule has 1 N–H and O–H groups in total. The molecule has 0 radical (unpaired) electrons. The van der Waals surface area contributed by atoms with Crippen molar-refractivity contribution in [2.45, 2.75) is 18.8 Å². The van der Waals surface area contributed by atoms with E-state index in [1.165, 1.54) is 5.39 Å². The van der Waals surface area contributed by atoms with Crippen LogP contribution in [-0.4, -0.2) is 9.97 Å². The highest BCUT2D eigenvalue weighted by Crippen LogP contribution is 2.38. The minimum atomic E-state index is -0.0650. The summed E-state index contributed by atoms with van der Waals surface area (Å²) in [4.78, 5) is 19.4. The average molecular weight is 262 g/mol. The summed E-state index contributed by atoms with van der Waals surface area (Å²) < 4.78 is 0. The van der Waals surface area contributed by atoms with Crippen LogP contribution in [0.5, 0.6) is 0 Å². The number of hydrogen-bond acceptors (Lipinski definition) is 2. The van der Waals surface area contributed by atoms with E-state index in [-0.39, 0.29) is 5.56 Å². The van der Waals surface area contributed by atoms with Gasteiger partial charge in [-0.1, -0.05) is 42.5 Å². The van der Waals surface area contributed by atoms with Crippen molar-refractivity contribution in [2.24, 2.45) is 0 Å². The van der Waals surface area contributed by atoms with E-state index >= 15 is 0 Å². The van der Waals surface area contributed by atoms with Gasteiger partial charge in [0, 0.05) is 17.5 Å². The second-order valence-corrected chi connectivity index (χ2v) is 5.32. The highest BCUT2D eigenvalue weighted by atomic mass is 16.1. The highest BCUT2D eigenvalue weighted by Gasteiger charge is 2.26. The Balaban J connectivity index is 1.97. The summed E-state index contributed by atoms with van der Waals surface area (Å²) in [5, 5.41) is 2.30. The molecule has 0 atom stereocenters. The maximum atomic E-state index is 11.9. The fraction of sp³-hybridized carbons (Fsp3) is 0.176. The van der Waals surface area contributed by atoms with E-state index in [2.05, 4.69) is 28.2 Å². The molecule has 0 unspecified atom stereocenters. The molecular formula is C17H14N2O. The maximum Gasteiger partial charge on any atom is 0.251 e. The first-order chi connectivity index (χ1) is 9.81. The van der Waals surface area contributed by atoms with Crippen LogP contribution in [0.1, 0.15) is 24.6 Å². The molecule has 3 aromatic rings. The van der Waals surface area contributed by atoms with E-state index in [0.717, 1.165) is 35.3 Å². The van der Waals surface area contributed by atoms with Gasteiger partial charge in [-0.2, -0.15) is 0 Å². The Morgan fingerprint density at radius 1 is 1.05 bits per heavy atom. The molecule has 0 amide bonds. The van der Waals surface area contributed by atoms with Gasteiger partial charge in [0.1, 0.15) is 5.82 Å². The molecule has 0 spiro atoms. The molecule has 20 heavy (non-hydrogen) atoms. The minimum absolute atomic E-state index is 0.0650. The van der Waals surface area contributed by atoms with Crippen molar-refractivity contribution in [3.05, 3.63) is 64.7 Å². The van der Waals surface area contributed by atoms with E-state index in [9.17, 15) is 4.79 Å². The molecule has 4 rings (SSSR count). The van der Waals surface area contributed by atoms with E-state index < -0.39 is 0 Å². The fourth-order valence-corrected chi connectivity index (χ4v) is 2.61. The lowest BCUT2D eigenvalue weighted by Gasteiger charge is -2.07. The van der Waals surface area contributed by atoms with Crippen LogP contribution >= 0.6 is 0 Å². The first-order valence-electron chi connectivity index (χ1n) is 6.91. The SMILES string of the molecule is O=c1cc(-c2cccc3ccccc23)nc(C2CC2)[nH]1. The maximum absolute atomic E-state index is 11.9. The zero-order valence-electron chi connectivity index (χ0n) is 11.0. The number of nitrogens with one attached hydrogen (secondary N) is 1. The molecular weight excluding hydrogens is 248 g/mol. The lowest BCUT2D eigenvalue weighted by Crippen LogP contribution is -2.10. The Hall–Kier alpha value is -2.42. The number of hydrogen-bond donors (Lipinski definition) is 1. The molecule has 0 bridgehead atoms. The lowest BCUT2D eigenvalue weighted by molar-refractivity contribution is 0.912. The number of H-pyrrole nitrogens is 1. The molecule has 0 aliphatic heterocycles. The summed E-state index contributed by atoms with van der Waals surface area (Å²) in [6.45, 7) is 0. The Kier molecular flexibility index (Phi) is 2.46. The van der Waals surface area contributed by atoms with Gasteiger partial charge in [-0.15, -0.1) is 0 Å². The zero-order chi connectivity index (χ0) is 13.5. The summed E-state index contributed by atoms with van der Waals surface area (Å²) in [6, 6.07) is 15.9. The first kappa shape index (κ1) is 11.4. The van der Waals surface area contributed by atoms with Crippen molar-refractivity contribution in [3.63, 3.8) is 0 Å². The van der Waals surface area contributed by atoms with Crippen LogP contribution in [0.15, 0.2) is 53.3 Å². The quantitative estimate of drug-likeness (QED) is 0.768. The smallest absolute Gasteiger partial charge is 0.251 e. The number of aromatic amines is 1. The van der Waals surface area contributed by atoms with Gasteiger partial charge in [0.25, 0.3) is 5.56 Å². The van der Waals surface area contributed by atoms with Crippen molar-refractivity contribution < 1.29 is 0 Å². The van der Waals surface area contributed by atoms with E-state index in [0.29, 0.717) is 5.92 Å². The topological polar surface area (TPSA) is 45.8 Å². The van der Waals surface area contributed by atoms with Crippen LogP contribution in [0.3, 0.4) is 0 Å². The van der Waals surface area contributed by atoms with Crippen LogP contribution in [0, 0.1) is 0 Å². The summed E-state index contributed by atoms with van der Waals surface area (Å²) in [5.41, 5.74) is 1.73. The fourth-order valence-electron chi connectivity index (χ4n) is 2.61. The average Bonchev–Trinajstić information content (AvgIpc) is 3.30. The normalized spacial score (nSPS) is 14.6. The molecule has 2 aromatic carbocycles. The molecule has 98 valence electrons.